The van der Waals surface area contributed by atoms with Crippen molar-refractivity contribution in [1.29, 1.82) is 0 Å². The van der Waals surface area contributed by atoms with Crippen LogP contribution in [-0.4, -0.2) is 6.29 Å². The van der Waals surface area contributed by atoms with Gasteiger partial charge in [0.2, 0.25) is 5.56 Å². The molecule has 0 unspecified atom stereocenters. The van der Waals surface area contributed by atoms with Crippen LogP contribution in [0.4, 0.5) is 0 Å². The largest absolute Gasteiger partial charge is 0.303 e. The fourth-order valence-corrected chi connectivity index (χ4v) is 0.506. The van der Waals surface area contributed by atoms with E-state index in [1.807, 2.05) is 6.07 Å². The lowest BCUT2D eigenvalue weighted by Crippen LogP contribution is -2.68. The number of halogens is 1. The highest BCUT2D eigenvalue weighted by Crippen LogP contribution is 1.91. The Bertz CT molecular complexity index is 237. The molecule has 1 rings (SSSR count). The van der Waals surface area contributed by atoms with Crippen LogP contribution in [-0.2, 0) is 4.79 Å². The monoisotopic (exact) mass is 204 g/mol. The van der Waals surface area contributed by atoms with Crippen LogP contribution in [0.25, 0.3) is 0 Å². The first-order chi connectivity index (χ1) is 5.93. The van der Waals surface area contributed by atoms with Crippen molar-refractivity contribution in [2.24, 2.45) is 0 Å². The van der Waals surface area contributed by atoms with Crippen LogP contribution in [0, 0.1) is 10.2 Å². The van der Waals surface area contributed by atoms with Gasteiger partial charge in [0.1, 0.15) is 0 Å². The SMILES string of the molecule is O=[C+]c1ccccc1.[O-][Cl+3]([O-])([O-])[O-]. The van der Waals surface area contributed by atoms with Crippen LogP contribution in [0.1, 0.15) is 5.56 Å². The highest BCUT2D eigenvalue weighted by molar-refractivity contribution is 5.74. The van der Waals surface area contributed by atoms with E-state index in [9.17, 15) is 4.79 Å². The number of carbonyl (C=O) groups excluding carboxylic acids is 1. The summed E-state index contributed by atoms with van der Waals surface area (Å²) in [5.41, 5.74) is 0.604. The van der Waals surface area contributed by atoms with Gasteiger partial charge >= 0.3 is 6.29 Å². The molecule has 0 aliphatic heterocycles. The molecule has 0 saturated heterocycles. The van der Waals surface area contributed by atoms with Gasteiger partial charge in [0, 0.05) is 0 Å². The molecule has 6 heteroatoms. The number of rotatable bonds is 1. The van der Waals surface area contributed by atoms with Crippen LogP contribution < -0.4 is 18.6 Å². The third-order valence-corrected chi connectivity index (χ3v) is 0.892. The molecule has 1 aromatic rings. The summed E-state index contributed by atoms with van der Waals surface area (Å²) in [6.45, 7) is 0. The molecular formula is C7H5ClO5. The summed E-state index contributed by atoms with van der Waals surface area (Å²) < 4.78 is 34.0. The first-order valence-corrected chi connectivity index (χ1v) is 4.22. The van der Waals surface area contributed by atoms with Gasteiger partial charge in [0.05, 0.1) is 12.1 Å². The molecule has 13 heavy (non-hydrogen) atoms. The molecular weight excluding hydrogens is 200 g/mol. The summed E-state index contributed by atoms with van der Waals surface area (Å²) >= 11 is 0. The molecule has 0 amide bonds. The Morgan fingerprint density at radius 2 is 1.38 bits per heavy atom. The van der Waals surface area contributed by atoms with Crippen LogP contribution >= 0.6 is 0 Å². The zero-order valence-electron chi connectivity index (χ0n) is 6.31. The topological polar surface area (TPSA) is 109 Å². The maximum absolute atomic E-state index is 9.88. The van der Waals surface area contributed by atoms with Gasteiger partial charge in [-0.2, -0.15) is 0 Å². The standard InChI is InChI=1S/C7H5O.ClHO4/c8-6-7-4-2-1-3-5-7;2-1(3,4)5/h1-5H;(H,2,3,4,5)/q+1;/p-1. The highest BCUT2D eigenvalue weighted by Gasteiger charge is 1.94. The van der Waals surface area contributed by atoms with Gasteiger partial charge in [0.15, 0.2) is 0 Å². The highest BCUT2D eigenvalue weighted by atomic mass is 35.7. The van der Waals surface area contributed by atoms with Crippen LogP contribution in [0.5, 0.6) is 0 Å². The third-order valence-electron chi connectivity index (χ3n) is 0.892. The van der Waals surface area contributed by atoms with Crippen molar-refractivity contribution in [2.75, 3.05) is 0 Å². The first kappa shape index (κ1) is 11.9. The number of hydrogen-bond donors (Lipinski definition) is 0. The summed E-state index contributed by atoms with van der Waals surface area (Å²) in [6.07, 6.45) is 1.78. The average molecular weight is 205 g/mol. The molecule has 0 aliphatic carbocycles. The second-order valence-electron chi connectivity index (χ2n) is 1.85. The molecule has 0 aromatic heterocycles. The molecule has 1 aromatic carbocycles. The normalized spacial score (nSPS) is 9.54. The Balaban J connectivity index is 0.000000252. The maximum Gasteiger partial charge on any atom is 0.303 e. The lowest BCUT2D eigenvalue weighted by atomic mass is 10.2. The molecule has 0 aliphatic rings. The molecule has 0 bridgehead atoms. The first-order valence-electron chi connectivity index (χ1n) is 2.98. The van der Waals surface area contributed by atoms with E-state index in [4.69, 9.17) is 18.6 Å². The lowest BCUT2D eigenvalue weighted by molar-refractivity contribution is -2.00. The van der Waals surface area contributed by atoms with Gasteiger partial charge in [0.25, 0.3) is 0 Å². The van der Waals surface area contributed by atoms with Crippen LogP contribution in [0.2, 0.25) is 0 Å². The smallest absolute Gasteiger partial charge is 0.222 e. The van der Waals surface area contributed by atoms with Crippen molar-refractivity contribution in [3.05, 3.63) is 35.9 Å². The zero-order chi connectivity index (χ0) is 10.3. The lowest BCUT2D eigenvalue weighted by Gasteiger charge is -2.17. The van der Waals surface area contributed by atoms with Gasteiger partial charge in [-0.25, -0.2) is 18.6 Å². The van der Waals surface area contributed by atoms with E-state index in [0.29, 0.717) is 5.56 Å². The maximum atomic E-state index is 9.88. The van der Waals surface area contributed by atoms with E-state index in [2.05, 4.69) is 0 Å². The summed E-state index contributed by atoms with van der Waals surface area (Å²) in [4.78, 5) is 9.88. The predicted molar refractivity (Wildman–Crippen MR) is 31.2 cm³/mol. The van der Waals surface area contributed by atoms with Crippen molar-refractivity contribution >= 4 is 6.29 Å². The minimum Gasteiger partial charge on any atom is -0.222 e. The third kappa shape index (κ3) is 10.9. The van der Waals surface area contributed by atoms with E-state index in [-0.39, 0.29) is 0 Å². The van der Waals surface area contributed by atoms with Crippen molar-refractivity contribution in [3.8, 4) is 0 Å². The Kier molecular flexibility index (Phi) is 5.10. The van der Waals surface area contributed by atoms with Gasteiger partial charge in [-0.1, -0.05) is 0 Å². The Morgan fingerprint density at radius 3 is 1.62 bits per heavy atom. The van der Waals surface area contributed by atoms with Crippen molar-refractivity contribution in [3.63, 3.8) is 0 Å². The Morgan fingerprint density at radius 1 is 1.00 bits per heavy atom. The van der Waals surface area contributed by atoms with E-state index < -0.39 is 10.2 Å². The summed E-state index contributed by atoms with van der Waals surface area (Å²) in [5, 5.41) is 0. The van der Waals surface area contributed by atoms with Crippen molar-refractivity contribution in [2.45, 2.75) is 0 Å². The Hall–Kier alpha value is -1.07. The molecule has 0 radical (unpaired) electrons. The van der Waals surface area contributed by atoms with Crippen molar-refractivity contribution < 1.29 is 33.7 Å². The van der Waals surface area contributed by atoms with Gasteiger partial charge < -0.3 is 0 Å². The summed E-state index contributed by atoms with van der Waals surface area (Å²) in [7, 11) is -4.94. The van der Waals surface area contributed by atoms with Crippen LogP contribution in [0.15, 0.2) is 30.3 Å². The summed E-state index contributed by atoms with van der Waals surface area (Å²) in [6, 6.07) is 8.90. The molecule has 5 nitrogen and oxygen atoms in total. The van der Waals surface area contributed by atoms with Gasteiger partial charge in [-0.3, -0.25) is 0 Å². The molecule has 0 fully saturated rings. The van der Waals surface area contributed by atoms with E-state index >= 15 is 0 Å². The molecule has 0 N–H and O–H groups in total. The molecule has 0 atom stereocenters. The van der Waals surface area contributed by atoms with Crippen LogP contribution in [0.3, 0.4) is 0 Å². The molecule has 70 valence electrons. The fourth-order valence-electron chi connectivity index (χ4n) is 0.506. The molecule has 0 spiro atoms. The quantitative estimate of drug-likeness (QED) is 0.439. The number of hydrogen-bond acceptors (Lipinski definition) is 5. The minimum absolute atomic E-state index is 0.604. The number of benzene rings is 1. The Labute approximate surface area is 76.6 Å². The fraction of sp³-hybridized carbons (Fsp3) is 0. The average Bonchev–Trinajstić information content (AvgIpc) is 2.03. The van der Waals surface area contributed by atoms with E-state index in [1.54, 1.807) is 30.6 Å². The molecule has 0 saturated carbocycles. The van der Waals surface area contributed by atoms with Crippen molar-refractivity contribution in [1.82, 2.24) is 0 Å². The van der Waals surface area contributed by atoms with Gasteiger partial charge in [-0.15, -0.1) is 15.0 Å². The van der Waals surface area contributed by atoms with E-state index in [1.165, 1.54) is 0 Å². The second kappa shape index (κ2) is 5.55. The van der Waals surface area contributed by atoms with Gasteiger partial charge in [-0.05, 0) is 18.2 Å². The van der Waals surface area contributed by atoms with E-state index in [0.717, 1.165) is 0 Å². The second-order valence-corrected chi connectivity index (χ2v) is 2.60. The summed E-state index contributed by atoms with van der Waals surface area (Å²) in [5.74, 6) is 0. The predicted octanol–water partition coefficient (Wildman–Crippen LogP) is -3.61. The minimum atomic E-state index is -4.94. The molecule has 0 heterocycles. The zero-order valence-corrected chi connectivity index (χ0v) is 7.06.